The van der Waals surface area contributed by atoms with E-state index in [2.05, 4.69) is 6.58 Å². The fourth-order valence-electron chi connectivity index (χ4n) is 5.00. The minimum absolute atomic E-state index is 0.1000. The Hall–Kier alpha value is -2.96. The molecule has 7 nitrogen and oxygen atoms in total. The molecule has 2 fully saturated rings. The van der Waals surface area contributed by atoms with Crippen LogP contribution in [0.3, 0.4) is 0 Å². The molecule has 0 bridgehead atoms. The first-order valence-electron chi connectivity index (χ1n) is 10.7. The van der Waals surface area contributed by atoms with Gasteiger partial charge in [-0.25, -0.2) is 14.4 Å². The van der Waals surface area contributed by atoms with Gasteiger partial charge in [0.2, 0.25) is 0 Å². The van der Waals surface area contributed by atoms with Crippen molar-refractivity contribution in [1.29, 1.82) is 0 Å². The van der Waals surface area contributed by atoms with Crippen LogP contribution in [0.2, 0.25) is 0 Å². The molecule has 0 radical (unpaired) electrons. The summed E-state index contributed by atoms with van der Waals surface area (Å²) in [6, 6.07) is 0. The fourth-order valence-corrected chi connectivity index (χ4v) is 5.00. The molecule has 7 unspecified atom stereocenters. The molecule has 0 aromatic carbocycles. The van der Waals surface area contributed by atoms with E-state index >= 15 is 0 Å². The van der Waals surface area contributed by atoms with Crippen molar-refractivity contribution in [2.45, 2.75) is 59.9 Å². The first-order chi connectivity index (χ1) is 14.9. The van der Waals surface area contributed by atoms with Crippen LogP contribution < -0.4 is 0 Å². The number of rotatable bonds is 4. The summed E-state index contributed by atoms with van der Waals surface area (Å²) in [5.41, 5.74) is 0.0680. The van der Waals surface area contributed by atoms with Crippen molar-refractivity contribution in [2.75, 3.05) is 0 Å². The fraction of sp³-hybridized carbons (Fsp3) is 0.520. The number of carbonyl (C=O) groups excluding carboxylic acids is 4. The number of hydrogen-bond donors (Lipinski definition) is 0. The molecule has 0 N–H and O–H groups in total. The molecule has 3 aliphatic rings. The Bertz CT molecular complexity index is 965. The zero-order valence-electron chi connectivity index (χ0n) is 19.3. The molecule has 172 valence electrons. The molecule has 0 aromatic rings. The Kier molecular flexibility index (Phi) is 6.31. The van der Waals surface area contributed by atoms with Crippen LogP contribution in [0.1, 0.15) is 41.5 Å². The minimum Gasteiger partial charge on any atom is -0.457 e. The molecular formula is C25H30O7. The standard InChI is InChI=1S/C25H30O7/c1-8-13(4)23(28)32-22-19-15(6)24(29)31-21(19)20(30-18(27)11-12(2)3)14(5)16-9-10-17(26)25(16,22)7/h8-11,14,16,19-22H,6H2,1-5,7H3. The first-order valence-corrected chi connectivity index (χ1v) is 10.7. The Morgan fingerprint density at radius 1 is 1.19 bits per heavy atom. The summed E-state index contributed by atoms with van der Waals surface area (Å²) in [4.78, 5) is 51.0. The summed E-state index contributed by atoms with van der Waals surface area (Å²) in [5, 5.41) is 0. The van der Waals surface area contributed by atoms with Crippen LogP contribution in [0.25, 0.3) is 0 Å². The molecule has 0 aromatic heterocycles. The molecule has 0 amide bonds. The Morgan fingerprint density at radius 3 is 2.44 bits per heavy atom. The third-order valence-electron chi connectivity index (χ3n) is 6.91. The van der Waals surface area contributed by atoms with E-state index in [0.29, 0.717) is 5.57 Å². The third kappa shape index (κ3) is 3.74. The van der Waals surface area contributed by atoms with Gasteiger partial charge in [0.25, 0.3) is 0 Å². The lowest BCUT2D eigenvalue weighted by atomic mass is 9.67. The Labute approximate surface area is 188 Å². The van der Waals surface area contributed by atoms with Gasteiger partial charge in [-0.2, -0.15) is 0 Å². The number of fused-ring (bicyclic) bond motifs is 2. The number of hydrogen-bond acceptors (Lipinski definition) is 7. The molecule has 2 aliphatic carbocycles. The summed E-state index contributed by atoms with van der Waals surface area (Å²) >= 11 is 0. The highest BCUT2D eigenvalue weighted by atomic mass is 16.6. The van der Waals surface area contributed by atoms with Gasteiger partial charge in [0, 0.05) is 23.1 Å². The summed E-state index contributed by atoms with van der Waals surface area (Å²) in [6.45, 7) is 14.3. The van der Waals surface area contributed by atoms with Gasteiger partial charge in [0.05, 0.1) is 11.3 Å². The average Bonchev–Trinajstić information content (AvgIpc) is 3.16. The van der Waals surface area contributed by atoms with Gasteiger partial charge in [0.15, 0.2) is 5.78 Å². The number of esters is 3. The highest BCUT2D eigenvalue weighted by Crippen LogP contribution is 2.55. The zero-order chi connectivity index (χ0) is 24.0. The molecule has 32 heavy (non-hydrogen) atoms. The second kappa shape index (κ2) is 8.52. The molecule has 7 atom stereocenters. The lowest BCUT2D eigenvalue weighted by molar-refractivity contribution is -0.166. The number of ether oxygens (including phenoxy) is 3. The van der Waals surface area contributed by atoms with Gasteiger partial charge in [-0.15, -0.1) is 0 Å². The molecule has 7 heteroatoms. The van der Waals surface area contributed by atoms with Crippen LogP contribution in [-0.4, -0.2) is 42.0 Å². The van der Waals surface area contributed by atoms with Gasteiger partial charge in [-0.05, 0) is 46.6 Å². The number of allylic oxidation sites excluding steroid dienone is 4. The predicted molar refractivity (Wildman–Crippen MR) is 116 cm³/mol. The maximum Gasteiger partial charge on any atom is 0.334 e. The van der Waals surface area contributed by atoms with E-state index in [9.17, 15) is 19.2 Å². The molecular weight excluding hydrogens is 412 g/mol. The summed E-state index contributed by atoms with van der Waals surface area (Å²) in [7, 11) is 0. The maximum absolute atomic E-state index is 13.1. The third-order valence-corrected chi connectivity index (χ3v) is 6.91. The largest absolute Gasteiger partial charge is 0.457 e. The van der Waals surface area contributed by atoms with Crippen molar-refractivity contribution in [3.63, 3.8) is 0 Å². The van der Waals surface area contributed by atoms with E-state index in [1.165, 1.54) is 12.2 Å². The minimum atomic E-state index is -1.17. The van der Waals surface area contributed by atoms with Crippen LogP contribution >= 0.6 is 0 Å². The zero-order valence-corrected chi connectivity index (χ0v) is 19.3. The van der Waals surface area contributed by atoms with Gasteiger partial charge < -0.3 is 14.2 Å². The van der Waals surface area contributed by atoms with Crippen molar-refractivity contribution in [1.82, 2.24) is 0 Å². The lowest BCUT2D eigenvalue weighted by Gasteiger charge is -2.39. The van der Waals surface area contributed by atoms with Crippen molar-refractivity contribution in [3.05, 3.63) is 47.6 Å². The normalized spacial score (nSPS) is 36.1. The van der Waals surface area contributed by atoms with E-state index < -0.39 is 59.4 Å². The molecule has 1 heterocycles. The molecule has 1 aliphatic heterocycles. The van der Waals surface area contributed by atoms with E-state index in [0.717, 1.165) is 5.57 Å². The summed E-state index contributed by atoms with van der Waals surface area (Å²) < 4.78 is 17.3. The first kappa shape index (κ1) is 23.7. The summed E-state index contributed by atoms with van der Waals surface area (Å²) in [5.74, 6) is -3.65. The second-order valence-corrected chi connectivity index (χ2v) is 9.23. The van der Waals surface area contributed by atoms with Crippen LogP contribution in [-0.2, 0) is 33.4 Å². The van der Waals surface area contributed by atoms with E-state index in [1.54, 1.807) is 46.8 Å². The molecule has 1 saturated heterocycles. The number of ketones is 1. The molecule has 3 rings (SSSR count). The van der Waals surface area contributed by atoms with E-state index in [4.69, 9.17) is 14.2 Å². The molecule has 1 saturated carbocycles. The van der Waals surface area contributed by atoms with Crippen LogP contribution in [0.4, 0.5) is 0 Å². The Balaban J connectivity index is 2.14. The second-order valence-electron chi connectivity index (χ2n) is 9.23. The molecule has 0 spiro atoms. The van der Waals surface area contributed by atoms with Gasteiger partial charge in [-0.1, -0.05) is 31.2 Å². The van der Waals surface area contributed by atoms with E-state index in [-0.39, 0.29) is 11.4 Å². The lowest BCUT2D eigenvalue weighted by Crippen LogP contribution is -2.49. The summed E-state index contributed by atoms with van der Waals surface area (Å²) in [6.07, 6.45) is 3.42. The highest BCUT2D eigenvalue weighted by molar-refractivity contribution is 5.99. The van der Waals surface area contributed by atoms with Crippen molar-refractivity contribution < 1.29 is 33.4 Å². The van der Waals surface area contributed by atoms with Gasteiger partial charge in [-0.3, -0.25) is 4.79 Å². The Morgan fingerprint density at radius 2 is 1.84 bits per heavy atom. The van der Waals surface area contributed by atoms with Crippen molar-refractivity contribution in [3.8, 4) is 0 Å². The van der Waals surface area contributed by atoms with Crippen LogP contribution in [0.5, 0.6) is 0 Å². The monoisotopic (exact) mass is 442 g/mol. The smallest absolute Gasteiger partial charge is 0.334 e. The van der Waals surface area contributed by atoms with E-state index in [1.807, 2.05) is 6.92 Å². The van der Waals surface area contributed by atoms with Crippen LogP contribution in [0.15, 0.2) is 47.6 Å². The van der Waals surface area contributed by atoms with Crippen LogP contribution in [0, 0.1) is 23.2 Å². The van der Waals surface area contributed by atoms with Crippen molar-refractivity contribution >= 4 is 23.7 Å². The van der Waals surface area contributed by atoms with Crippen molar-refractivity contribution in [2.24, 2.45) is 23.2 Å². The highest BCUT2D eigenvalue weighted by Gasteiger charge is 2.65. The quantitative estimate of drug-likeness (QED) is 0.375. The topological polar surface area (TPSA) is 96.0 Å². The average molecular weight is 443 g/mol. The maximum atomic E-state index is 13.1. The number of carbonyl (C=O) groups is 4. The van der Waals surface area contributed by atoms with Gasteiger partial charge in [0.1, 0.15) is 18.3 Å². The SMILES string of the molecule is C=C1C(=O)OC2C(OC(=O)C=C(C)C)C(C)C3C=CC(=O)C3(C)C(OC(=O)C(C)=CC)C12. The predicted octanol–water partition coefficient (Wildman–Crippen LogP) is 3.25. The van der Waals surface area contributed by atoms with Gasteiger partial charge >= 0.3 is 17.9 Å².